The first-order valence-corrected chi connectivity index (χ1v) is 10.2. The number of nitrogens with zero attached hydrogens (tertiary/aromatic N) is 3. The van der Waals surface area contributed by atoms with Crippen LogP contribution in [0.2, 0.25) is 0 Å². The predicted molar refractivity (Wildman–Crippen MR) is 103 cm³/mol. The Morgan fingerprint density at radius 2 is 2.15 bits per heavy atom. The second-order valence-corrected chi connectivity index (χ2v) is 8.03. The highest BCUT2D eigenvalue weighted by Gasteiger charge is 2.39. The van der Waals surface area contributed by atoms with Crippen LogP contribution < -0.4 is 9.64 Å². The molecule has 2 aromatic rings. The van der Waals surface area contributed by atoms with Gasteiger partial charge in [-0.25, -0.2) is 4.98 Å². The van der Waals surface area contributed by atoms with E-state index in [9.17, 15) is 14.7 Å². The van der Waals surface area contributed by atoms with Gasteiger partial charge in [-0.15, -0.1) is 0 Å². The Morgan fingerprint density at radius 3 is 2.89 bits per heavy atom. The number of ether oxygens (including phenoxy) is 1. The number of piperidine rings is 1. The quantitative estimate of drug-likeness (QED) is 0.865. The highest BCUT2D eigenvalue weighted by Crippen LogP contribution is 2.35. The number of rotatable bonds is 4. The molecule has 0 bridgehead atoms. The molecule has 4 rings (SSSR count). The van der Waals surface area contributed by atoms with Crippen molar-refractivity contribution < 1.29 is 19.4 Å². The third-order valence-electron chi connectivity index (χ3n) is 5.14. The molecule has 144 valence electrons. The molecule has 0 radical (unpaired) electrons. The summed E-state index contributed by atoms with van der Waals surface area (Å²) in [5, 5.41) is 10.2. The molecule has 1 aromatic heterocycles. The number of fused-ring (bicyclic) bond motifs is 1. The standard InChI is InChI=1S/C19H23N3O4S/c1-2-26-14-3-4-15-16(10-14)27-19(20-15)22-11-12(9-17(22)24)18(25)21-7-5-13(23)6-8-21/h3-4,10,12-13,23H,2,5-9,11H2,1H3. The van der Waals surface area contributed by atoms with Crippen LogP contribution in [0.15, 0.2) is 18.2 Å². The van der Waals surface area contributed by atoms with E-state index in [0.29, 0.717) is 44.2 Å². The maximum atomic E-state index is 12.8. The average Bonchev–Trinajstić information content (AvgIpc) is 3.25. The molecule has 3 heterocycles. The molecule has 2 aliphatic rings. The summed E-state index contributed by atoms with van der Waals surface area (Å²) in [5.41, 5.74) is 0.825. The van der Waals surface area contributed by atoms with Gasteiger partial charge in [0, 0.05) is 26.1 Å². The lowest BCUT2D eigenvalue weighted by Crippen LogP contribution is -2.43. The number of aromatic nitrogens is 1. The Kier molecular flexibility index (Phi) is 5.01. The second-order valence-electron chi connectivity index (χ2n) is 7.02. The number of aliphatic hydroxyl groups excluding tert-OH is 1. The molecule has 0 aliphatic carbocycles. The fraction of sp³-hybridized carbons (Fsp3) is 0.526. The number of aliphatic hydroxyl groups is 1. The molecule has 0 saturated carbocycles. The lowest BCUT2D eigenvalue weighted by molar-refractivity contribution is -0.137. The predicted octanol–water partition coefficient (Wildman–Crippen LogP) is 2.03. The number of hydrogen-bond donors (Lipinski definition) is 1. The number of amides is 2. The smallest absolute Gasteiger partial charge is 0.229 e. The Balaban J connectivity index is 1.49. The van der Waals surface area contributed by atoms with Gasteiger partial charge in [-0.3, -0.25) is 14.5 Å². The minimum absolute atomic E-state index is 0.0116. The number of carbonyl (C=O) groups is 2. The van der Waals surface area contributed by atoms with E-state index < -0.39 is 0 Å². The summed E-state index contributed by atoms with van der Waals surface area (Å²) in [6.45, 7) is 4.03. The first-order chi connectivity index (χ1) is 13.0. The van der Waals surface area contributed by atoms with Crippen molar-refractivity contribution in [3.05, 3.63) is 18.2 Å². The monoisotopic (exact) mass is 389 g/mol. The van der Waals surface area contributed by atoms with E-state index in [1.165, 1.54) is 11.3 Å². The molecule has 2 amide bonds. The van der Waals surface area contributed by atoms with Crippen molar-refractivity contribution in [1.29, 1.82) is 0 Å². The van der Waals surface area contributed by atoms with Crippen LogP contribution in [0.1, 0.15) is 26.2 Å². The average molecular weight is 389 g/mol. The lowest BCUT2D eigenvalue weighted by atomic mass is 10.0. The molecule has 2 fully saturated rings. The molecule has 7 nitrogen and oxygen atoms in total. The molecule has 2 saturated heterocycles. The molecule has 1 unspecified atom stereocenters. The van der Waals surface area contributed by atoms with E-state index in [-0.39, 0.29) is 30.3 Å². The largest absolute Gasteiger partial charge is 0.494 e. The molecular weight excluding hydrogens is 366 g/mol. The second kappa shape index (κ2) is 7.44. The van der Waals surface area contributed by atoms with Crippen LogP contribution in [-0.2, 0) is 9.59 Å². The molecular formula is C19H23N3O4S. The molecule has 1 atom stereocenters. The van der Waals surface area contributed by atoms with Crippen LogP contribution in [0.5, 0.6) is 5.75 Å². The van der Waals surface area contributed by atoms with Gasteiger partial charge < -0.3 is 14.7 Å². The topological polar surface area (TPSA) is 83.0 Å². The first kappa shape index (κ1) is 18.2. The van der Waals surface area contributed by atoms with E-state index in [1.54, 1.807) is 9.80 Å². The highest BCUT2D eigenvalue weighted by atomic mass is 32.1. The van der Waals surface area contributed by atoms with Crippen LogP contribution >= 0.6 is 11.3 Å². The van der Waals surface area contributed by atoms with Crippen LogP contribution in [0.3, 0.4) is 0 Å². The minimum Gasteiger partial charge on any atom is -0.494 e. The van der Waals surface area contributed by atoms with Crippen LogP contribution in [0, 0.1) is 5.92 Å². The molecule has 1 aromatic carbocycles. The first-order valence-electron chi connectivity index (χ1n) is 9.35. The summed E-state index contributed by atoms with van der Waals surface area (Å²) in [6, 6.07) is 5.70. The van der Waals surface area contributed by atoms with Crippen LogP contribution in [0.4, 0.5) is 5.13 Å². The summed E-state index contributed by atoms with van der Waals surface area (Å²) in [4.78, 5) is 33.3. The van der Waals surface area contributed by atoms with E-state index in [2.05, 4.69) is 4.98 Å². The number of benzene rings is 1. The van der Waals surface area contributed by atoms with Gasteiger partial charge in [-0.2, -0.15) is 0 Å². The van der Waals surface area contributed by atoms with Gasteiger partial charge in [0.1, 0.15) is 5.75 Å². The lowest BCUT2D eigenvalue weighted by Gasteiger charge is -2.31. The molecule has 27 heavy (non-hydrogen) atoms. The highest BCUT2D eigenvalue weighted by molar-refractivity contribution is 7.22. The van der Waals surface area contributed by atoms with Crippen molar-refractivity contribution in [3.8, 4) is 5.75 Å². The fourth-order valence-corrected chi connectivity index (χ4v) is 4.69. The summed E-state index contributed by atoms with van der Waals surface area (Å²) < 4.78 is 6.49. The fourth-order valence-electron chi connectivity index (χ4n) is 3.67. The molecule has 2 aliphatic heterocycles. The number of thiazole rings is 1. The Labute approximate surface area is 161 Å². The van der Waals surface area contributed by atoms with Crippen LogP contribution in [0.25, 0.3) is 10.2 Å². The zero-order chi connectivity index (χ0) is 19.0. The van der Waals surface area contributed by atoms with Crippen molar-refractivity contribution in [3.63, 3.8) is 0 Å². The summed E-state index contributed by atoms with van der Waals surface area (Å²) in [6.07, 6.45) is 1.12. The Bertz CT molecular complexity index is 860. The van der Waals surface area contributed by atoms with Gasteiger partial charge in [-0.05, 0) is 38.0 Å². The molecule has 1 N–H and O–H groups in total. The van der Waals surface area contributed by atoms with E-state index >= 15 is 0 Å². The summed E-state index contributed by atoms with van der Waals surface area (Å²) in [7, 11) is 0. The minimum atomic E-state index is -0.334. The molecule has 0 spiro atoms. The van der Waals surface area contributed by atoms with Crippen molar-refractivity contribution in [2.24, 2.45) is 5.92 Å². The van der Waals surface area contributed by atoms with Gasteiger partial charge in [0.25, 0.3) is 0 Å². The van der Waals surface area contributed by atoms with E-state index in [1.807, 2.05) is 25.1 Å². The van der Waals surface area contributed by atoms with Crippen LogP contribution in [-0.4, -0.2) is 59.1 Å². The van der Waals surface area contributed by atoms with Crippen molar-refractivity contribution in [2.75, 3.05) is 31.1 Å². The Morgan fingerprint density at radius 1 is 1.37 bits per heavy atom. The van der Waals surface area contributed by atoms with Crippen molar-refractivity contribution in [2.45, 2.75) is 32.3 Å². The normalized spacial score (nSPS) is 21.3. The number of carbonyl (C=O) groups excluding carboxylic acids is 2. The molecule has 8 heteroatoms. The summed E-state index contributed by atoms with van der Waals surface area (Å²) in [5.74, 6) is 0.402. The maximum absolute atomic E-state index is 12.8. The van der Waals surface area contributed by atoms with Gasteiger partial charge in [-0.1, -0.05) is 11.3 Å². The Hall–Kier alpha value is -2.19. The number of likely N-dealkylation sites (tertiary alicyclic amines) is 1. The SMILES string of the molecule is CCOc1ccc2nc(N3CC(C(=O)N4CCC(O)CC4)CC3=O)sc2c1. The van der Waals surface area contributed by atoms with Gasteiger partial charge in [0.05, 0.1) is 28.8 Å². The van der Waals surface area contributed by atoms with E-state index in [0.717, 1.165) is 16.0 Å². The van der Waals surface area contributed by atoms with Crippen molar-refractivity contribution in [1.82, 2.24) is 9.88 Å². The third kappa shape index (κ3) is 3.64. The number of anilines is 1. The van der Waals surface area contributed by atoms with Crippen molar-refractivity contribution >= 4 is 38.5 Å². The van der Waals surface area contributed by atoms with Gasteiger partial charge in [0.2, 0.25) is 11.8 Å². The number of hydrogen-bond acceptors (Lipinski definition) is 6. The zero-order valence-electron chi connectivity index (χ0n) is 15.3. The summed E-state index contributed by atoms with van der Waals surface area (Å²) >= 11 is 1.44. The third-order valence-corrected chi connectivity index (χ3v) is 6.18. The maximum Gasteiger partial charge on any atom is 0.229 e. The van der Waals surface area contributed by atoms with Gasteiger partial charge in [0.15, 0.2) is 5.13 Å². The van der Waals surface area contributed by atoms with E-state index in [4.69, 9.17) is 4.74 Å². The zero-order valence-corrected chi connectivity index (χ0v) is 16.1. The van der Waals surface area contributed by atoms with Gasteiger partial charge >= 0.3 is 0 Å².